The van der Waals surface area contributed by atoms with Crippen LogP contribution in [0.1, 0.15) is 84.9 Å². The molecule has 0 aliphatic heterocycles. The minimum Gasteiger partial charge on any atom is -0.457 e. The number of esters is 2. The number of hydrogen-bond acceptors (Lipinski definition) is 7. The Labute approximate surface area is 241 Å². The van der Waals surface area contributed by atoms with Gasteiger partial charge in [-0.25, -0.2) is 0 Å². The number of ether oxygens (including phenoxy) is 2. The number of rotatable bonds is 7. The highest BCUT2D eigenvalue weighted by molar-refractivity contribution is 6.21. The first kappa shape index (κ1) is 29.3. The molecule has 0 radical (unpaired) electrons. The van der Waals surface area contributed by atoms with Crippen LogP contribution in [0.5, 0.6) is 0 Å². The highest BCUT2D eigenvalue weighted by Crippen LogP contribution is 2.70. The first-order valence-corrected chi connectivity index (χ1v) is 15.3. The molecule has 1 N–H and O–H groups in total. The Balaban J connectivity index is 1.56. The van der Waals surface area contributed by atoms with Crippen LogP contribution < -0.4 is 0 Å². The SMILES string of the molecule is CCC(=O)OCC(=O)[C@]1(OC(=O)CC)[C@H](C)C[C@H]2[C@H]3[C@H]([C@@H](O)C[C@@]21C)[C@@]1(C)Cc2cn(CC)nc2C=C1C[C@H]3Cl. The smallest absolute Gasteiger partial charge is 0.306 e. The molecule has 3 fully saturated rings. The zero-order valence-corrected chi connectivity index (χ0v) is 25.3. The average molecular weight is 575 g/mol. The summed E-state index contributed by atoms with van der Waals surface area (Å²) in [5.41, 5.74) is 0.701. The third kappa shape index (κ3) is 4.11. The summed E-state index contributed by atoms with van der Waals surface area (Å²) < 4.78 is 13.4. The number of hydrogen-bond donors (Lipinski definition) is 1. The van der Waals surface area contributed by atoms with Gasteiger partial charge in [-0.05, 0) is 67.4 Å². The first-order chi connectivity index (χ1) is 18.9. The molecule has 1 heterocycles. The summed E-state index contributed by atoms with van der Waals surface area (Å²) in [4.78, 5) is 38.9. The molecule has 9 atom stereocenters. The van der Waals surface area contributed by atoms with Gasteiger partial charge in [-0.1, -0.05) is 40.2 Å². The molecule has 0 amide bonds. The predicted molar refractivity (Wildman–Crippen MR) is 150 cm³/mol. The van der Waals surface area contributed by atoms with Gasteiger partial charge in [-0.2, -0.15) is 5.10 Å². The maximum atomic E-state index is 14.0. The van der Waals surface area contributed by atoms with Gasteiger partial charge in [0.15, 0.2) is 12.2 Å². The van der Waals surface area contributed by atoms with Gasteiger partial charge in [0.2, 0.25) is 5.78 Å². The van der Waals surface area contributed by atoms with Crippen LogP contribution in [0.2, 0.25) is 0 Å². The predicted octanol–water partition coefficient (Wildman–Crippen LogP) is 4.73. The van der Waals surface area contributed by atoms with Crippen LogP contribution in [-0.4, -0.2) is 56.3 Å². The van der Waals surface area contributed by atoms with Crippen molar-refractivity contribution in [1.29, 1.82) is 0 Å². The summed E-state index contributed by atoms with van der Waals surface area (Å²) in [7, 11) is 0. The van der Waals surface area contributed by atoms with Crippen molar-refractivity contribution in [3.05, 3.63) is 23.0 Å². The molecular weight excluding hydrogens is 532 g/mol. The van der Waals surface area contributed by atoms with Crippen LogP contribution in [0, 0.1) is 34.5 Å². The second-order valence-corrected chi connectivity index (χ2v) is 13.5. The second-order valence-electron chi connectivity index (χ2n) is 12.9. The molecule has 40 heavy (non-hydrogen) atoms. The number of fused-ring (bicyclic) bond motifs is 6. The molecule has 4 aliphatic carbocycles. The van der Waals surface area contributed by atoms with Crippen molar-refractivity contribution in [2.75, 3.05) is 6.61 Å². The lowest BCUT2D eigenvalue weighted by molar-refractivity contribution is -0.207. The molecule has 1 aromatic heterocycles. The largest absolute Gasteiger partial charge is 0.457 e. The van der Waals surface area contributed by atoms with E-state index in [2.05, 4.69) is 26.1 Å². The summed E-state index contributed by atoms with van der Waals surface area (Å²) in [5.74, 6) is -1.97. The van der Waals surface area contributed by atoms with Gasteiger partial charge < -0.3 is 14.6 Å². The fourth-order valence-electron chi connectivity index (χ4n) is 9.11. The van der Waals surface area contributed by atoms with Crippen LogP contribution in [0.4, 0.5) is 0 Å². The number of carbonyl (C=O) groups is 3. The number of allylic oxidation sites excluding steroid dienone is 1. The lowest BCUT2D eigenvalue weighted by atomic mass is 9.45. The van der Waals surface area contributed by atoms with E-state index in [1.807, 2.05) is 18.5 Å². The van der Waals surface area contributed by atoms with E-state index >= 15 is 0 Å². The van der Waals surface area contributed by atoms with Crippen molar-refractivity contribution >= 4 is 35.4 Å². The quantitative estimate of drug-likeness (QED) is 0.370. The number of Topliss-reactive ketones (excluding diaryl/α,β-unsaturated/α-hetero) is 1. The molecule has 0 spiro atoms. The van der Waals surface area contributed by atoms with E-state index in [1.165, 1.54) is 11.1 Å². The maximum absolute atomic E-state index is 14.0. The van der Waals surface area contributed by atoms with Gasteiger partial charge >= 0.3 is 11.9 Å². The molecule has 9 heteroatoms. The standard InChI is InChI=1S/C31H43ClN2O6/c1-7-25(37)39-16-24(36)31(40-26(38)8-2)17(4)10-20-27-21(32)11-19-12-22-18(15-34(9-3)33-22)13-29(19,5)28(27)23(35)14-30(20,31)6/h12,15,17,20-21,23,27-28,35H,7-11,13-14,16H2,1-6H3/t17-,20+,21-,23+,27-,28+,29+,30+,31-/m1/s1. The Morgan fingerprint density at radius 3 is 2.52 bits per heavy atom. The minimum atomic E-state index is -1.51. The lowest BCUT2D eigenvalue weighted by Crippen LogP contribution is -2.66. The molecule has 0 aromatic carbocycles. The van der Waals surface area contributed by atoms with Gasteiger partial charge in [0.05, 0.1) is 11.8 Å². The second kappa shape index (κ2) is 10.3. The zero-order chi connectivity index (χ0) is 29.2. The number of aliphatic hydroxyl groups excluding tert-OH is 1. The van der Waals surface area contributed by atoms with E-state index in [-0.39, 0.29) is 47.3 Å². The van der Waals surface area contributed by atoms with E-state index in [0.29, 0.717) is 19.3 Å². The van der Waals surface area contributed by atoms with E-state index in [0.717, 1.165) is 18.7 Å². The van der Waals surface area contributed by atoms with Gasteiger partial charge in [-0.15, -0.1) is 11.6 Å². The normalized spacial score (nSPS) is 39.8. The molecular formula is C31H43ClN2O6. The molecule has 0 bridgehead atoms. The summed E-state index contributed by atoms with van der Waals surface area (Å²) in [6, 6.07) is 0. The topological polar surface area (TPSA) is 108 Å². The Bertz CT molecular complexity index is 1240. The number of nitrogens with zero attached hydrogens (tertiary/aromatic N) is 2. The lowest BCUT2D eigenvalue weighted by Gasteiger charge is -2.61. The Morgan fingerprint density at radius 1 is 1.18 bits per heavy atom. The number of carbonyl (C=O) groups excluding carboxylic acids is 3. The van der Waals surface area contributed by atoms with Crippen molar-refractivity contribution in [3.63, 3.8) is 0 Å². The first-order valence-electron chi connectivity index (χ1n) is 14.9. The fraction of sp³-hybridized carbons (Fsp3) is 0.742. The third-order valence-corrected chi connectivity index (χ3v) is 11.3. The van der Waals surface area contributed by atoms with Crippen LogP contribution in [0.15, 0.2) is 11.8 Å². The Hall–Kier alpha value is -2.19. The third-order valence-electron chi connectivity index (χ3n) is 10.9. The Morgan fingerprint density at radius 2 is 1.88 bits per heavy atom. The molecule has 220 valence electrons. The maximum Gasteiger partial charge on any atom is 0.306 e. The molecule has 5 rings (SSSR count). The number of aromatic nitrogens is 2. The van der Waals surface area contributed by atoms with E-state index in [1.54, 1.807) is 13.8 Å². The fourth-order valence-corrected chi connectivity index (χ4v) is 9.60. The van der Waals surface area contributed by atoms with Crippen molar-refractivity contribution in [2.45, 2.75) is 104 Å². The van der Waals surface area contributed by atoms with E-state index in [4.69, 9.17) is 26.2 Å². The van der Waals surface area contributed by atoms with Gasteiger partial charge in [-0.3, -0.25) is 19.1 Å². The van der Waals surface area contributed by atoms with Gasteiger partial charge in [0.25, 0.3) is 0 Å². The summed E-state index contributed by atoms with van der Waals surface area (Å²) in [6.07, 6.45) is 6.16. The molecule has 1 aromatic rings. The average Bonchev–Trinajstić information content (AvgIpc) is 3.40. The number of halogens is 1. The van der Waals surface area contributed by atoms with E-state index in [9.17, 15) is 19.5 Å². The number of alkyl halides is 1. The van der Waals surface area contributed by atoms with Crippen molar-refractivity contribution in [2.24, 2.45) is 34.5 Å². The van der Waals surface area contributed by atoms with Crippen LogP contribution in [0.25, 0.3) is 6.08 Å². The highest BCUT2D eigenvalue weighted by Gasteiger charge is 2.74. The van der Waals surface area contributed by atoms with Crippen LogP contribution in [-0.2, 0) is 36.8 Å². The van der Waals surface area contributed by atoms with Crippen LogP contribution >= 0.6 is 11.6 Å². The van der Waals surface area contributed by atoms with Gasteiger partial charge in [0.1, 0.15) is 0 Å². The molecule has 0 saturated heterocycles. The highest BCUT2D eigenvalue weighted by atomic mass is 35.5. The zero-order valence-electron chi connectivity index (χ0n) is 24.5. The minimum absolute atomic E-state index is 0.0629. The number of aryl methyl sites for hydroxylation is 1. The Kier molecular flexibility index (Phi) is 7.52. The molecule has 8 nitrogen and oxygen atoms in total. The van der Waals surface area contributed by atoms with Crippen molar-refractivity contribution in [3.8, 4) is 0 Å². The molecule has 0 unspecified atom stereocenters. The van der Waals surface area contributed by atoms with Crippen molar-refractivity contribution < 1.29 is 29.0 Å². The van der Waals surface area contributed by atoms with E-state index < -0.39 is 41.4 Å². The summed E-state index contributed by atoms with van der Waals surface area (Å²) in [6.45, 7) is 11.9. The van der Waals surface area contributed by atoms with Crippen molar-refractivity contribution in [1.82, 2.24) is 9.78 Å². The molecule has 4 aliphatic rings. The summed E-state index contributed by atoms with van der Waals surface area (Å²) in [5, 5.41) is 16.5. The number of aliphatic hydroxyl groups is 1. The summed E-state index contributed by atoms with van der Waals surface area (Å²) >= 11 is 7.26. The monoisotopic (exact) mass is 574 g/mol. The molecule has 3 saturated carbocycles. The van der Waals surface area contributed by atoms with Crippen LogP contribution in [0.3, 0.4) is 0 Å². The van der Waals surface area contributed by atoms with Gasteiger partial charge in [0, 0.05) is 42.3 Å². The number of ketones is 1.